The number of amides is 1. The average molecular weight is 337 g/mol. The maximum absolute atomic E-state index is 12.9. The van der Waals surface area contributed by atoms with Crippen LogP contribution in [0.5, 0.6) is 0 Å². The fourth-order valence-corrected chi connectivity index (χ4v) is 3.58. The summed E-state index contributed by atoms with van der Waals surface area (Å²) in [4.78, 5) is 23.5. The maximum atomic E-state index is 12.9. The van der Waals surface area contributed by atoms with Gasteiger partial charge in [0.1, 0.15) is 0 Å². The van der Waals surface area contributed by atoms with Crippen molar-refractivity contribution in [1.29, 1.82) is 0 Å². The fourth-order valence-electron chi connectivity index (χ4n) is 3.58. The van der Waals surface area contributed by atoms with Crippen LogP contribution in [0.1, 0.15) is 24.6 Å². The van der Waals surface area contributed by atoms with E-state index in [0.29, 0.717) is 18.3 Å². The van der Waals surface area contributed by atoms with E-state index in [4.69, 9.17) is 9.26 Å². The lowest BCUT2D eigenvalue weighted by Crippen LogP contribution is -2.45. The second kappa shape index (κ2) is 7.58. The minimum absolute atomic E-state index is 0.0543. The number of aromatic nitrogens is 2. The van der Waals surface area contributed by atoms with E-state index in [0.717, 1.165) is 45.6 Å². The zero-order valence-corrected chi connectivity index (χ0v) is 14.8. The SMILES string of the molecule is CO[C@H]1C[C@@H](C(=O)N2CCCN(Cc3noc(C)n3)CC2)N(C)C1. The first-order chi connectivity index (χ1) is 11.6. The highest BCUT2D eigenvalue weighted by Crippen LogP contribution is 2.21. The largest absolute Gasteiger partial charge is 0.380 e. The minimum Gasteiger partial charge on any atom is -0.380 e. The number of carbonyl (C=O) groups excluding carboxylic acids is 1. The molecule has 0 aliphatic carbocycles. The van der Waals surface area contributed by atoms with Crippen LogP contribution in [-0.4, -0.2) is 89.8 Å². The predicted molar refractivity (Wildman–Crippen MR) is 87.3 cm³/mol. The zero-order valence-electron chi connectivity index (χ0n) is 14.8. The molecule has 2 saturated heterocycles. The van der Waals surface area contributed by atoms with E-state index < -0.39 is 0 Å². The molecular formula is C16H27N5O3. The molecule has 3 rings (SSSR count). The van der Waals surface area contributed by atoms with E-state index in [1.807, 2.05) is 11.9 Å². The second-order valence-corrected chi connectivity index (χ2v) is 6.73. The number of carbonyl (C=O) groups is 1. The highest BCUT2D eigenvalue weighted by molar-refractivity contribution is 5.82. The van der Waals surface area contributed by atoms with E-state index in [1.54, 1.807) is 14.0 Å². The van der Waals surface area contributed by atoms with Crippen molar-refractivity contribution in [1.82, 2.24) is 24.8 Å². The lowest BCUT2D eigenvalue weighted by molar-refractivity contribution is -0.135. The number of ether oxygens (including phenoxy) is 1. The Balaban J connectivity index is 1.54. The van der Waals surface area contributed by atoms with E-state index in [1.165, 1.54) is 0 Å². The molecule has 3 heterocycles. The number of nitrogens with zero attached hydrogens (tertiary/aromatic N) is 5. The highest BCUT2D eigenvalue weighted by atomic mass is 16.5. The molecule has 24 heavy (non-hydrogen) atoms. The van der Waals surface area contributed by atoms with Crippen LogP contribution in [0, 0.1) is 6.92 Å². The Hall–Kier alpha value is -1.51. The predicted octanol–water partition coefficient (Wildman–Crippen LogP) is 0.131. The number of likely N-dealkylation sites (tertiary alicyclic amines) is 1. The van der Waals surface area contributed by atoms with Crippen molar-refractivity contribution in [2.45, 2.75) is 38.5 Å². The van der Waals surface area contributed by atoms with Gasteiger partial charge in [0, 0.05) is 46.8 Å². The van der Waals surface area contributed by atoms with Crippen molar-refractivity contribution >= 4 is 5.91 Å². The molecular weight excluding hydrogens is 310 g/mol. The van der Waals surface area contributed by atoms with Gasteiger partial charge in [-0.25, -0.2) is 0 Å². The number of rotatable bonds is 4. The van der Waals surface area contributed by atoms with Gasteiger partial charge in [-0.05, 0) is 19.9 Å². The molecule has 134 valence electrons. The van der Waals surface area contributed by atoms with E-state index >= 15 is 0 Å². The molecule has 2 aliphatic rings. The van der Waals surface area contributed by atoms with Crippen LogP contribution in [0.3, 0.4) is 0 Å². The second-order valence-electron chi connectivity index (χ2n) is 6.73. The third-order valence-corrected chi connectivity index (χ3v) is 4.96. The number of aryl methyl sites for hydroxylation is 1. The van der Waals surface area contributed by atoms with Gasteiger partial charge in [-0.15, -0.1) is 0 Å². The van der Waals surface area contributed by atoms with E-state index in [-0.39, 0.29) is 18.1 Å². The van der Waals surface area contributed by atoms with Crippen LogP contribution >= 0.6 is 0 Å². The van der Waals surface area contributed by atoms with Gasteiger partial charge in [0.15, 0.2) is 5.82 Å². The van der Waals surface area contributed by atoms with Crippen LogP contribution in [0.25, 0.3) is 0 Å². The first-order valence-corrected chi connectivity index (χ1v) is 8.60. The number of methoxy groups -OCH3 is 1. The monoisotopic (exact) mass is 337 g/mol. The molecule has 0 N–H and O–H groups in total. The summed E-state index contributed by atoms with van der Waals surface area (Å²) in [6, 6.07) is -0.0543. The molecule has 0 unspecified atom stereocenters. The van der Waals surface area contributed by atoms with Gasteiger partial charge < -0.3 is 14.2 Å². The molecule has 8 nitrogen and oxygen atoms in total. The number of hydrogen-bond donors (Lipinski definition) is 0. The summed E-state index contributed by atoms with van der Waals surface area (Å²) in [5, 5.41) is 3.96. The Labute approximate surface area is 142 Å². The van der Waals surface area contributed by atoms with Crippen molar-refractivity contribution in [3.8, 4) is 0 Å². The van der Waals surface area contributed by atoms with Crippen molar-refractivity contribution in [3.05, 3.63) is 11.7 Å². The molecule has 1 amide bonds. The summed E-state index contributed by atoms with van der Waals surface area (Å²) >= 11 is 0. The van der Waals surface area contributed by atoms with Crippen LogP contribution < -0.4 is 0 Å². The Bertz CT molecular complexity index is 564. The van der Waals surface area contributed by atoms with Crippen LogP contribution in [0.2, 0.25) is 0 Å². The Morgan fingerprint density at radius 1 is 1.33 bits per heavy atom. The number of hydrogen-bond acceptors (Lipinski definition) is 7. The molecule has 0 aromatic carbocycles. The van der Waals surface area contributed by atoms with Gasteiger partial charge in [-0.1, -0.05) is 5.16 Å². The first-order valence-electron chi connectivity index (χ1n) is 8.60. The van der Waals surface area contributed by atoms with E-state index in [9.17, 15) is 4.79 Å². The fraction of sp³-hybridized carbons (Fsp3) is 0.812. The topological polar surface area (TPSA) is 74.9 Å². The van der Waals surface area contributed by atoms with Crippen LogP contribution in [0.15, 0.2) is 4.52 Å². The number of likely N-dealkylation sites (N-methyl/N-ethyl adjacent to an activating group) is 1. The molecule has 1 aromatic heterocycles. The van der Waals surface area contributed by atoms with Gasteiger partial charge in [0.2, 0.25) is 11.8 Å². The minimum atomic E-state index is -0.0543. The molecule has 2 aliphatic heterocycles. The Kier molecular flexibility index (Phi) is 5.47. The van der Waals surface area contributed by atoms with Crippen molar-refractivity contribution in [2.75, 3.05) is 46.9 Å². The third kappa shape index (κ3) is 3.93. The summed E-state index contributed by atoms with van der Waals surface area (Å²) in [6.07, 6.45) is 1.91. The molecule has 8 heteroatoms. The van der Waals surface area contributed by atoms with Crippen molar-refractivity contribution in [2.24, 2.45) is 0 Å². The van der Waals surface area contributed by atoms with Crippen LogP contribution in [0.4, 0.5) is 0 Å². The van der Waals surface area contributed by atoms with Gasteiger partial charge in [0.25, 0.3) is 0 Å². The third-order valence-electron chi connectivity index (χ3n) is 4.96. The average Bonchev–Trinajstić information content (AvgIpc) is 3.06. The highest BCUT2D eigenvalue weighted by Gasteiger charge is 2.37. The first kappa shape index (κ1) is 17.3. The summed E-state index contributed by atoms with van der Waals surface area (Å²) in [7, 11) is 3.72. The van der Waals surface area contributed by atoms with Gasteiger partial charge in [-0.2, -0.15) is 4.98 Å². The molecule has 1 aromatic rings. The summed E-state index contributed by atoms with van der Waals surface area (Å²) in [5.74, 6) is 1.54. The smallest absolute Gasteiger partial charge is 0.240 e. The van der Waals surface area contributed by atoms with Crippen LogP contribution in [-0.2, 0) is 16.1 Å². The molecule has 0 bridgehead atoms. The molecule has 2 atom stereocenters. The molecule has 0 radical (unpaired) electrons. The standard InChI is InChI=1S/C16H27N5O3/c1-12-17-15(18-24-12)11-20-5-4-6-21(8-7-20)16(22)14-9-13(23-3)10-19(14)2/h13-14H,4-11H2,1-3H3/t13-,14-/m0/s1. The summed E-state index contributed by atoms with van der Waals surface area (Å²) in [5.41, 5.74) is 0. The Morgan fingerprint density at radius 2 is 2.17 bits per heavy atom. The molecule has 0 spiro atoms. The normalized spacial score (nSPS) is 26.7. The molecule has 2 fully saturated rings. The van der Waals surface area contributed by atoms with Gasteiger partial charge >= 0.3 is 0 Å². The van der Waals surface area contributed by atoms with Crippen molar-refractivity contribution in [3.63, 3.8) is 0 Å². The van der Waals surface area contributed by atoms with Gasteiger partial charge in [-0.3, -0.25) is 14.6 Å². The molecule has 0 saturated carbocycles. The Morgan fingerprint density at radius 3 is 2.83 bits per heavy atom. The summed E-state index contributed by atoms with van der Waals surface area (Å²) < 4.78 is 10.4. The van der Waals surface area contributed by atoms with Gasteiger partial charge in [0.05, 0.1) is 18.7 Å². The lowest BCUT2D eigenvalue weighted by Gasteiger charge is -2.27. The zero-order chi connectivity index (χ0) is 17.1. The quantitative estimate of drug-likeness (QED) is 0.773. The van der Waals surface area contributed by atoms with Crippen molar-refractivity contribution < 1.29 is 14.1 Å². The van der Waals surface area contributed by atoms with E-state index in [2.05, 4.69) is 19.9 Å². The maximum Gasteiger partial charge on any atom is 0.240 e. The lowest BCUT2D eigenvalue weighted by atomic mass is 10.1. The summed E-state index contributed by atoms with van der Waals surface area (Å²) in [6.45, 7) is 6.63.